The minimum atomic E-state index is -0.192. The Morgan fingerprint density at radius 2 is 2.10 bits per heavy atom. The molecule has 0 fully saturated rings. The minimum absolute atomic E-state index is 0.192. The third kappa shape index (κ3) is 1.26. The van der Waals surface area contributed by atoms with Crippen LogP contribution in [-0.2, 0) is 0 Å². The second-order valence-corrected chi connectivity index (χ2v) is 2.23. The fourth-order valence-electron chi connectivity index (χ4n) is 0.823. The van der Waals surface area contributed by atoms with Gasteiger partial charge in [0.1, 0.15) is 5.82 Å². The molecule has 0 unspecified atom stereocenters. The number of rotatable bonds is 1. The lowest BCUT2D eigenvalue weighted by atomic mass is 10.2. The molecule has 0 amide bonds. The van der Waals surface area contributed by atoms with Gasteiger partial charge in [-0.25, -0.2) is 4.39 Å². The maximum absolute atomic E-state index is 12.8. The van der Waals surface area contributed by atoms with Crippen molar-refractivity contribution >= 4 is 5.69 Å². The summed E-state index contributed by atoms with van der Waals surface area (Å²) in [7, 11) is 1.70. The summed E-state index contributed by atoms with van der Waals surface area (Å²) in [6, 6.07) is 5.10. The minimum Gasteiger partial charge on any atom is -0.386 e. The summed E-state index contributed by atoms with van der Waals surface area (Å²) in [5.74, 6) is -0.192. The fraction of sp³-hybridized carbons (Fsp3) is 0.250. The lowest BCUT2D eigenvalue weighted by Gasteiger charge is -2.00. The largest absolute Gasteiger partial charge is 0.386 e. The van der Waals surface area contributed by atoms with Gasteiger partial charge in [0.15, 0.2) is 0 Å². The number of anilines is 1. The molecule has 1 aromatic carbocycles. The van der Waals surface area contributed by atoms with E-state index in [4.69, 9.17) is 0 Å². The van der Waals surface area contributed by atoms with E-state index in [2.05, 4.69) is 5.32 Å². The van der Waals surface area contributed by atoms with E-state index in [1.165, 1.54) is 6.07 Å². The molecule has 0 heterocycles. The summed E-state index contributed by atoms with van der Waals surface area (Å²) in [5.41, 5.74) is 1.49. The van der Waals surface area contributed by atoms with Crippen LogP contribution in [0.1, 0.15) is 5.56 Å². The summed E-state index contributed by atoms with van der Waals surface area (Å²) in [6.45, 7) is 1.86. The molecule has 0 aromatic heterocycles. The Balaban J connectivity index is 3.07. The molecule has 0 saturated heterocycles. The molecule has 1 N–H and O–H groups in total. The predicted octanol–water partition coefficient (Wildman–Crippen LogP) is 2.18. The van der Waals surface area contributed by atoms with Gasteiger partial charge in [-0.05, 0) is 24.6 Å². The molecule has 0 atom stereocenters. The van der Waals surface area contributed by atoms with Crippen LogP contribution >= 0.6 is 0 Å². The molecule has 0 aliphatic carbocycles. The van der Waals surface area contributed by atoms with E-state index in [1.807, 2.05) is 13.0 Å². The van der Waals surface area contributed by atoms with Crippen LogP contribution in [0.4, 0.5) is 10.1 Å². The molecule has 1 aromatic rings. The van der Waals surface area contributed by atoms with E-state index in [-0.39, 0.29) is 5.82 Å². The van der Waals surface area contributed by atoms with Gasteiger partial charge in [0.2, 0.25) is 0 Å². The first-order valence-corrected chi connectivity index (χ1v) is 3.18. The van der Waals surface area contributed by atoms with Crippen molar-refractivity contribution < 1.29 is 4.39 Å². The van der Waals surface area contributed by atoms with Crippen molar-refractivity contribution in [2.75, 3.05) is 12.4 Å². The maximum Gasteiger partial charge on any atom is 0.146 e. The molecular formula is C8H10FN. The second-order valence-electron chi connectivity index (χ2n) is 2.23. The molecule has 0 saturated carbocycles. The first-order valence-electron chi connectivity index (χ1n) is 3.18. The first kappa shape index (κ1) is 7.06. The fourth-order valence-corrected chi connectivity index (χ4v) is 0.823. The number of hydrogen-bond donors (Lipinski definition) is 1. The Morgan fingerprint density at radius 3 is 2.60 bits per heavy atom. The van der Waals surface area contributed by atoms with Gasteiger partial charge in [0, 0.05) is 7.05 Å². The van der Waals surface area contributed by atoms with Crippen LogP contribution < -0.4 is 5.32 Å². The molecule has 2 heteroatoms. The summed E-state index contributed by atoms with van der Waals surface area (Å²) in [5, 5.41) is 2.75. The highest BCUT2D eigenvalue weighted by Gasteiger charge is 1.96. The van der Waals surface area contributed by atoms with Crippen molar-refractivity contribution in [1.82, 2.24) is 0 Å². The van der Waals surface area contributed by atoms with Gasteiger partial charge >= 0.3 is 0 Å². The van der Waals surface area contributed by atoms with Gasteiger partial charge in [-0.15, -0.1) is 0 Å². The quantitative estimate of drug-likeness (QED) is 0.628. The zero-order valence-electron chi connectivity index (χ0n) is 6.11. The normalized spacial score (nSPS) is 9.50. The molecule has 0 aliphatic rings. The van der Waals surface area contributed by atoms with Crippen molar-refractivity contribution in [3.8, 4) is 0 Å². The molecule has 54 valence electrons. The summed E-state index contributed by atoms with van der Waals surface area (Å²) < 4.78 is 12.8. The van der Waals surface area contributed by atoms with Crippen molar-refractivity contribution in [3.63, 3.8) is 0 Å². The maximum atomic E-state index is 12.8. The molecule has 10 heavy (non-hydrogen) atoms. The van der Waals surface area contributed by atoms with Crippen LogP contribution in [0.25, 0.3) is 0 Å². The summed E-state index contributed by atoms with van der Waals surface area (Å²) >= 11 is 0. The van der Waals surface area contributed by atoms with Crippen molar-refractivity contribution in [3.05, 3.63) is 29.6 Å². The van der Waals surface area contributed by atoms with E-state index in [0.29, 0.717) is 5.69 Å². The molecule has 0 radical (unpaired) electrons. The van der Waals surface area contributed by atoms with E-state index in [9.17, 15) is 4.39 Å². The standard InChI is InChI=1S/C8H10FN/c1-6-3-4-8(10-2)7(9)5-6/h3-5,10H,1-2H3. The van der Waals surface area contributed by atoms with Crippen molar-refractivity contribution in [2.45, 2.75) is 6.92 Å². The lowest BCUT2D eigenvalue weighted by molar-refractivity contribution is 0.630. The predicted molar refractivity (Wildman–Crippen MR) is 40.7 cm³/mol. The van der Waals surface area contributed by atoms with Crippen molar-refractivity contribution in [2.24, 2.45) is 0 Å². The van der Waals surface area contributed by atoms with Crippen LogP contribution in [0.5, 0.6) is 0 Å². The Kier molecular flexibility index (Phi) is 1.90. The van der Waals surface area contributed by atoms with Crippen LogP contribution in [0.3, 0.4) is 0 Å². The Labute approximate surface area is 59.9 Å². The molecule has 0 aliphatic heterocycles. The SMILES string of the molecule is CNc1ccc(C)cc1F. The van der Waals surface area contributed by atoms with Crippen LogP contribution in [0.2, 0.25) is 0 Å². The first-order chi connectivity index (χ1) is 4.74. The highest BCUT2D eigenvalue weighted by Crippen LogP contribution is 2.13. The molecule has 1 rings (SSSR count). The Morgan fingerprint density at radius 1 is 1.40 bits per heavy atom. The van der Waals surface area contributed by atoms with Crippen molar-refractivity contribution in [1.29, 1.82) is 0 Å². The Bertz CT molecular complexity index is 233. The Hall–Kier alpha value is -1.05. The highest BCUT2D eigenvalue weighted by molar-refractivity contribution is 5.45. The van der Waals surface area contributed by atoms with Gasteiger partial charge in [0.25, 0.3) is 0 Å². The number of halogens is 1. The average molecular weight is 139 g/mol. The van der Waals surface area contributed by atoms with Crippen LogP contribution in [0.15, 0.2) is 18.2 Å². The van der Waals surface area contributed by atoms with E-state index >= 15 is 0 Å². The number of nitrogens with one attached hydrogen (secondary N) is 1. The van der Waals surface area contributed by atoms with E-state index in [0.717, 1.165) is 5.56 Å². The lowest BCUT2D eigenvalue weighted by Crippen LogP contribution is -1.91. The van der Waals surface area contributed by atoms with Crippen LogP contribution in [-0.4, -0.2) is 7.05 Å². The molecule has 0 spiro atoms. The topological polar surface area (TPSA) is 12.0 Å². The van der Waals surface area contributed by atoms with Gasteiger partial charge < -0.3 is 5.32 Å². The van der Waals surface area contributed by atoms with Gasteiger partial charge in [-0.2, -0.15) is 0 Å². The third-order valence-corrected chi connectivity index (χ3v) is 1.39. The molecule has 1 nitrogen and oxygen atoms in total. The number of benzene rings is 1. The highest BCUT2D eigenvalue weighted by atomic mass is 19.1. The monoisotopic (exact) mass is 139 g/mol. The molecule has 0 bridgehead atoms. The third-order valence-electron chi connectivity index (χ3n) is 1.39. The number of aryl methyl sites for hydroxylation is 1. The van der Waals surface area contributed by atoms with Gasteiger partial charge in [-0.3, -0.25) is 0 Å². The van der Waals surface area contributed by atoms with Crippen LogP contribution in [0, 0.1) is 12.7 Å². The second kappa shape index (κ2) is 2.69. The average Bonchev–Trinajstić information content (AvgIpc) is 1.88. The van der Waals surface area contributed by atoms with E-state index in [1.54, 1.807) is 13.1 Å². The van der Waals surface area contributed by atoms with Gasteiger partial charge in [-0.1, -0.05) is 6.07 Å². The zero-order valence-corrected chi connectivity index (χ0v) is 6.11. The summed E-state index contributed by atoms with van der Waals surface area (Å²) in [4.78, 5) is 0. The van der Waals surface area contributed by atoms with Gasteiger partial charge in [0.05, 0.1) is 5.69 Å². The number of hydrogen-bond acceptors (Lipinski definition) is 1. The molecular weight excluding hydrogens is 129 g/mol. The smallest absolute Gasteiger partial charge is 0.146 e. The zero-order chi connectivity index (χ0) is 7.56. The summed E-state index contributed by atoms with van der Waals surface area (Å²) in [6.07, 6.45) is 0. The van der Waals surface area contributed by atoms with E-state index < -0.39 is 0 Å².